The summed E-state index contributed by atoms with van der Waals surface area (Å²) in [5.74, 6) is 0.682. The van der Waals surface area contributed by atoms with Crippen molar-refractivity contribution < 1.29 is 4.79 Å². The molecule has 0 atom stereocenters. The van der Waals surface area contributed by atoms with Gasteiger partial charge in [-0.2, -0.15) is 0 Å². The fourth-order valence-electron chi connectivity index (χ4n) is 3.29. The number of pyridine rings is 1. The zero-order valence-electron chi connectivity index (χ0n) is 13.5. The highest BCUT2D eigenvalue weighted by Crippen LogP contribution is 2.32. The maximum Gasteiger partial charge on any atom is 0.251 e. The Morgan fingerprint density at radius 3 is 2.52 bits per heavy atom. The van der Waals surface area contributed by atoms with E-state index in [-0.39, 0.29) is 5.91 Å². The standard InChI is InChI=1S/C20H24N2O/c23-20(22-15-13-19-8-4-5-14-21-19)18-11-9-17(10-12-18)16-6-2-1-3-7-16/h4-5,8-12,14,16H,1-3,6-7,13,15H2,(H,22,23). The number of hydrogen-bond donors (Lipinski definition) is 1. The Morgan fingerprint density at radius 2 is 1.83 bits per heavy atom. The van der Waals surface area contributed by atoms with Crippen molar-refractivity contribution in [2.45, 2.75) is 44.4 Å². The van der Waals surface area contributed by atoms with E-state index in [4.69, 9.17) is 0 Å². The lowest BCUT2D eigenvalue weighted by atomic mass is 9.84. The molecule has 0 unspecified atom stereocenters. The van der Waals surface area contributed by atoms with Gasteiger partial charge in [0.25, 0.3) is 5.91 Å². The molecule has 1 fully saturated rings. The lowest BCUT2D eigenvalue weighted by Crippen LogP contribution is -2.25. The Morgan fingerprint density at radius 1 is 1.04 bits per heavy atom. The van der Waals surface area contributed by atoms with Gasteiger partial charge in [0.2, 0.25) is 0 Å². The molecular formula is C20H24N2O. The molecule has 0 radical (unpaired) electrons. The second-order valence-corrected chi connectivity index (χ2v) is 6.28. The van der Waals surface area contributed by atoms with E-state index >= 15 is 0 Å². The van der Waals surface area contributed by atoms with Gasteiger partial charge in [0.1, 0.15) is 0 Å². The molecule has 3 rings (SSSR count). The third-order valence-electron chi connectivity index (χ3n) is 4.64. The van der Waals surface area contributed by atoms with Gasteiger partial charge in [-0.25, -0.2) is 0 Å². The molecule has 1 aromatic carbocycles. The largest absolute Gasteiger partial charge is 0.352 e. The van der Waals surface area contributed by atoms with E-state index < -0.39 is 0 Å². The number of nitrogens with zero attached hydrogens (tertiary/aromatic N) is 1. The van der Waals surface area contributed by atoms with Crippen LogP contribution in [0.5, 0.6) is 0 Å². The highest BCUT2D eigenvalue weighted by Gasteiger charge is 2.15. The van der Waals surface area contributed by atoms with Crippen molar-refractivity contribution in [3.63, 3.8) is 0 Å². The molecule has 1 aliphatic rings. The van der Waals surface area contributed by atoms with Crippen molar-refractivity contribution in [1.82, 2.24) is 10.3 Å². The van der Waals surface area contributed by atoms with Crippen LogP contribution in [0, 0.1) is 0 Å². The molecule has 1 heterocycles. The summed E-state index contributed by atoms with van der Waals surface area (Å²) in [6, 6.07) is 14.0. The summed E-state index contributed by atoms with van der Waals surface area (Å²) < 4.78 is 0. The van der Waals surface area contributed by atoms with Crippen LogP contribution < -0.4 is 5.32 Å². The summed E-state index contributed by atoms with van der Waals surface area (Å²) >= 11 is 0. The number of benzene rings is 1. The molecule has 2 aromatic rings. The molecule has 0 spiro atoms. The monoisotopic (exact) mass is 308 g/mol. The van der Waals surface area contributed by atoms with E-state index in [0.717, 1.165) is 17.7 Å². The van der Waals surface area contributed by atoms with Crippen molar-refractivity contribution >= 4 is 5.91 Å². The molecule has 1 amide bonds. The molecule has 1 saturated carbocycles. The molecule has 0 aliphatic heterocycles. The Bertz CT molecular complexity index is 616. The zero-order chi connectivity index (χ0) is 15.9. The average Bonchev–Trinajstić information content (AvgIpc) is 2.63. The number of nitrogens with one attached hydrogen (secondary N) is 1. The van der Waals surface area contributed by atoms with Crippen molar-refractivity contribution in [3.8, 4) is 0 Å². The first kappa shape index (κ1) is 15.7. The van der Waals surface area contributed by atoms with Gasteiger partial charge in [-0.15, -0.1) is 0 Å². The summed E-state index contributed by atoms with van der Waals surface area (Å²) in [5.41, 5.74) is 3.13. The lowest BCUT2D eigenvalue weighted by Gasteiger charge is -2.22. The third kappa shape index (κ3) is 4.41. The average molecular weight is 308 g/mol. The van der Waals surface area contributed by atoms with Gasteiger partial charge < -0.3 is 5.32 Å². The molecule has 1 aliphatic carbocycles. The predicted octanol–water partition coefficient (Wildman–Crippen LogP) is 4.10. The number of carbonyl (C=O) groups excluding carboxylic acids is 1. The topological polar surface area (TPSA) is 42.0 Å². The first-order chi connectivity index (χ1) is 11.3. The van der Waals surface area contributed by atoms with Crippen LogP contribution in [0.25, 0.3) is 0 Å². The van der Waals surface area contributed by atoms with Crippen molar-refractivity contribution in [2.75, 3.05) is 6.54 Å². The SMILES string of the molecule is O=C(NCCc1ccccn1)c1ccc(C2CCCCC2)cc1. The third-order valence-corrected chi connectivity index (χ3v) is 4.64. The summed E-state index contributed by atoms with van der Waals surface area (Å²) in [6.45, 7) is 0.611. The molecule has 0 saturated heterocycles. The zero-order valence-corrected chi connectivity index (χ0v) is 13.5. The van der Waals surface area contributed by atoms with Crippen molar-refractivity contribution in [2.24, 2.45) is 0 Å². The molecule has 3 nitrogen and oxygen atoms in total. The maximum absolute atomic E-state index is 12.2. The first-order valence-electron chi connectivity index (χ1n) is 8.61. The van der Waals surface area contributed by atoms with Crippen LogP contribution in [-0.4, -0.2) is 17.4 Å². The highest BCUT2D eigenvalue weighted by atomic mass is 16.1. The lowest BCUT2D eigenvalue weighted by molar-refractivity contribution is 0.0954. The normalized spacial score (nSPS) is 15.3. The fourth-order valence-corrected chi connectivity index (χ4v) is 3.29. The van der Waals surface area contributed by atoms with E-state index in [1.165, 1.54) is 37.7 Å². The molecule has 3 heteroatoms. The van der Waals surface area contributed by atoms with E-state index in [2.05, 4.69) is 22.4 Å². The first-order valence-corrected chi connectivity index (χ1v) is 8.61. The number of rotatable bonds is 5. The second-order valence-electron chi connectivity index (χ2n) is 6.28. The Labute approximate surface area is 138 Å². The summed E-state index contributed by atoms with van der Waals surface area (Å²) in [7, 11) is 0. The van der Waals surface area contributed by atoms with E-state index in [1.54, 1.807) is 6.20 Å². The Kier molecular flexibility index (Phi) is 5.41. The number of hydrogen-bond acceptors (Lipinski definition) is 2. The maximum atomic E-state index is 12.2. The van der Waals surface area contributed by atoms with Gasteiger partial charge >= 0.3 is 0 Å². The van der Waals surface area contributed by atoms with E-state index in [1.807, 2.05) is 30.3 Å². The van der Waals surface area contributed by atoms with E-state index in [0.29, 0.717) is 12.5 Å². The Hall–Kier alpha value is -2.16. The van der Waals surface area contributed by atoms with Gasteiger partial charge in [-0.05, 0) is 48.6 Å². The van der Waals surface area contributed by atoms with Crippen molar-refractivity contribution in [3.05, 3.63) is 65.5 Å². The fraction of sp³-hybridized carbons (Fsp3) is 0.400. The van der Waals surface area contributed by atoms with Crippen molar-refractivity contribution in [1.29, 1.82) is 0 Å². The molecule has 0 bridgehead atoms. The summed E-state index contributed by atoms with van der Waals surface area (Å²) in [4.78, 5) is 16.5. The number of amides is 1. The Balaban J connectivity index is 1.51. The minimum absolute atomic E-state index is 0.00359. The smallest absolute Gasteiger partial charge is 0.251 e. The minimum atomic E-state index is -0.00359. The van der Waals surface area contributed by atoms with Crippen LogP contribution in [0.15, 0.2) is 48.7 Å². The van der Waals surface area contributed by atoms with Crippen LogP contribution in [0.1, 0.15) is 59.6 Å². The summed E-state index contributed by atoms with van der Waals surface area (Å²) in [5, 5.41) is 2.97. The van der Waals surface area contributed by atoms with Crippen LogP contribution in [0.3, 0.4) is 0 Å². The van der Waals surface area contributed by atoms with Gasteiger partial charge in [0.15, 0.2) is 0 Å². The van der Waals surface area contributed by atoms with E-state index in [9.17, 15) is 4.79 Å². The molecule has 120 valence electrons. The quantitative estimate of drug-likeness (QED) is 0.903. The van der Waals surface area contributed by atoms with Crippen LogP contribution in [-0.2, 0) is 6.42 Å². The van der Waals surface area contributed by atoms with Gasteiger partial charge in [0, 0.05) is 30.4 Å². The highest BCUT2D eigenvalue weighted by molar-refractivity contribution is 5.94. The molecule has 1 aromatic heterocycles. The van der Waals surface area contributed by atoms with Gasteiger partial charge in [-0.1, -0.05) is 37.5 Å². The van der Waals surface area contributed by atoms with Crippen LogP contribution >= 0.6 is 0 Å². The minimum Gasteiger partial charge on any atom is -0.352 e. The summed E-state index contributed by atoms with van der Waals surface area (Å²) in [6.07, 6.45) is 9.15. The van der Waals surface area contributed by atoms with Crippen LogP contribution in [0.4, 0.5) is 0 Å². The predicted molar refractivity (Wildman–Crippen MR) is 92.5 cm³/mol. The molecule has 1 N–H and O–H groups in total. The van der Waals surface area contributed by atoms with Crippen LogP contribution in [0.2, 0.25) is 0 Å². The molecule has 23 heavy (non-hydrogen) atoms. The number of aromatic nitrogens is 1. The second kappa shape index (κ2) is 7.91. The van der Waals surface area contributed by atoms with Gasteiger partial charge in [-0.3, -0.25) is 9.78 Å². The van der Waals surface area contributed by atoms with Gasteiger partial charge in [0.05, 0.1) is 0 Å². The number of carbonyl (C=O) groups is 1. The molecular weight excluding hydrogens is 284 g/mol.